The molecule has 0 aliphatic carbocycles. The molecule has 2 heterocycles. The summed E-state index contributed by atoms with van der Waals surface area (Å²) in [6.45, 7) is 2.05. The summed E-state index contributed by atoms with van der Waals surface area (Å²) in [5.74, 6) is 1.07. The van der Waals surface area contributed by atoms with Crippen molar-refractivity contribution in [2.45, 2.75) is 16.3 Å². The fraction of sp³-hybridized carbons (Fsp3) is 0.214. The van der Waals surface area contributed by atoms with Gasteiger partial charge in [0.15, 0.2) is 4.34 Å². The van der Waals surface area contributed by atoms with Gasteiger partial charge in [0.25, 0.3) is 0 Å². The maximum absolute atomic E-state index is 12.0. The predicted octanol–water partition coefficient (Wildman–Crippen LogP) is 3.32. The van der Waals surface area contributed by atoms with Gasteiger partial charge < -0.3 is 0 Å². The zero-order chi connectivity index (χ0) is 16.1. The van der Waals surface area contributed by atoms with Crippen molar-refractivity contribution in [2.24, 2.45) is 0 Å². The molecule has 1 aromatic carbocycles. The molecule has 0 radical (unpaired) electrons. The minimum Gasteiger partial charge on any atom is -0.300 e. The minimum absolute atomic E-state index is 0.123. The van der Waals surface area contributed by atoms with Crippen LogP contribution in [0.15, 0.2) is 40.0 Å². The Morgan fingerprint density at radius 2 is 2.09 bits per heavy atom. The Balaban J connectivity index is 1.61. The Hall–Kier alpha value is -1.71. The van der Waals surface area contributed by atoms with Crippen LogP contribution in [0.2, 0.25) is 0 Å². The van der Waals surface area contributed by atoms with Crippen molar-refractivity contribution in [1.29, 1.82) is 0 Å². The van der Waals surface area contributed by atoms with E-state index >= 15 is 0 Å². The molecule has 6 nitrogen and oxygen atoms in total. The van der Waals surface area contributed by atoms with Gasteiger partial charge in [-0.3, -0.25) is 10.1 Å². The number of amides is 1. The largest absolute Gasteiger partial charge is 0.300 e. The van der Waals surface area contributed by atoms with Crippen LogP contribution in [-0.2, 0) is 4.79 Å². The van der Waals surface area contributed by atoms with E-state index in [0.717, 1.165) is 26.0 Å². The summed E-state index contributed by atoms with van der Waals surface area (Å²) < 4.78 is 0.859. The third kappa shape index (κ3) is 4.18. The molecule has 0 fully saturated rings. The zero-order valence-electron chi connectivity index (χ0n) is 12.2. The number of nitrogens with one attached hydrogen (secondary N) is 1. The van der Waals surface area contributed by atoms with Gasteiger partial charge in [0, 0.05) is 5.39 Å². The maximum atomic E-state index is 12.0. The van der Waals surface area contributed by atoms with Gasteiger partial charge in [-0.1, -0.05) is 60.0 Å². The Bertz CT molecular complexity index is 818. The summed E-state index contributed by atoms with van der Waals surface area (Å²) in [4.78, 5) is 20.5. The van der Waals surface area contributed by atoms with Crippen molar-refractivity contribution >= 4 is 56.8 Å². The lowest BCUT2D eigenvalue weighted by molar-refractivity contribution is -0.113. The second-order valence-electron chi connectivity index (χ2n) is 4.34. The van der Waals surface area contributed by atoms with Gasteiger partial charge >= 0.3 is 0 Å². The molecule has 3 aromatic rings. The summed E-state index contributed by atoms with van der Waals surface area (Å²) in [6, 6.07) is 7.74. The van der Waals surface area contributed by atoms with Crippen LogP contribution < -0.4 is 5.32 Å². The Kier molecular flexibility index (Phi) is 5.42. The van der Waals surface area contributed by atoms with Crippen LogP contribution in [0, 0.1) is 0 Å². The van der Waals surface area contributed by atoms with Crippen LogP contribution in [0.1, 0.15) is 6.92 Å². The number of anilines is 1. The molecule has 1 amide bonds. The van der Waals surface area contributed by atoms with E-state index in [-0.39, 0.29) is 11.7 Å². The fourth-order valence-electron chi connectivity index (χ4n) is 1.83. The molecule has 0 aliphatic heterocycles. The molecule has 0 saturated carbocycles. The summed E-state index contributed by atoms with van der Waals surface area (Å²) in [6.07, 6.45) is 1.52. The van der Waals surface area contributed by atoms with Crippen molar-refractivity contribution in [1.82, 2.24) is 20.2 Å². The third-order valence-corrected chi connectivity index (χ3v) is 5.63. The number of hydrogen-bond acceptors (Lipinski definition) is 8. The highest BCUT2D eigenvalue weighted by Gasteiger charge is 2.10. The quantitative estimate of drug-likeness (QED) is 0.409. The molecule has 23 heavy (non-hydrogen) atoms. The molecule has 0 atom stereocenters. The molecule has 0 unspecified atom stereocenters. The summed E-state index contributed by atoms with van der Waals surface area (Å²) in [5.41, 5.74) is 0.871. The van der Waals surface area contributed by atoms with Crippen LogP contribution in [-0.4, -0.2) is 37.6 Å². The molecule has 9 heteroatoms. The molecule has 0 saturated heterocycles. The van der Waals surface area contributed by atoms with Crippen molar-refractivity contribution in [3.05, 3.63) is 30.6 Å². The number of hydrogen-bond donors (Lipinski definition) is 1. The lowest BCUT2D eigenvalue weighted by Gasteiger charge is -2.04. The molecule has 1 N–H and O–H groups in total. The lowest BCUT2D eigenvalue weighted by atomic mass is 10.2. The van der Waals surface area contributed by atoms with Crippen molar-refractivity contribution in [2.75, 3.05) is 16.8 Å². The normalized spacial score (nSPS) is 10.8. The predicted molar refractivity (Wildman–Crippen MR) is 95.2 cm³/mol. The van der Waals surface area contributed by atoms with Crippen LogP contribution in [0.4, 0.5) is 5.13 Å². The SMILES string of the molecule is CCSc1nnc(NC(=O)CSc2ncnc3ccccc23)s1. The van der Waals surface area contributed by atoms with Gasteiger partial charge in [-0.15, -0.1) is 10.2 Å². The summed E-state index contributed by atoms with van der Waals surface area (Å²) in [5, 5.41) is 13.0. The number of carbonyl (C=O) groups excluding carboxylic acids is 1. The monoisotopic (exact) mass is 363 g/mol. The van der Waals surface area contributed by atoms with E-state index in [9.17, 15) is 4.79 Å². The Morgan fingerprint density at radius 1 is 1.22 bits per heavy atom. The number of aromatic nitrogens is 4. The van der Waals surface area contributed by atoms with Crippen molar-refractivity contribution in [3.63, 3.8) is 0 Å². The standard InChI is InChI=1S/C14H13N5OS3/c1-2-21-14-19-18-13(23-14)17-11(20)7-22-12-9-5-3-4-6-10(9)15-8-16-12/h3-6,8H,2,7H2,1H3,(H,17,18,20). The average Bonchev–Trinajstić information content (AvgIpc) is 3.00. The van der Waals surface area contributed by atoms with Gasteiger partial charge in [0.2, 0.25) is 11.0 Å². The number of thioether (sulfide) groups is 2. The number of rotatable bonds is 6. The zero-order valence-corrected chi connectivity index (χ0v) is 14.7. The van der Waals surface area contributed by atoms with Gasteiger partial charge in [0.05, 0.1) is 11.3 Å². The van der Waals surface area contributed by atoms with E-state index in [1.165, 1.54) is 29.4 Å². The molecule has 0 bridgehead atoms. The minimum atomic E-state index is -0.123. The second-order valence-corrected chi connectivity index (χ2v) is 7.79. The van der Waals surface area contributed by atoms with E-state index in [1.807, 2.05) is 31.2 Å². The number of benzene rings is 1. The molecular formula is C14H13N5OS3. The Labute approximate surface area is 145 Å². The van der Waals surface area contributed by atoms with Crippen LogP contribution in [0.3, 0.4) is 0 Å². The highest BCUT2D eigenvalue weighted by atomic mass is 32.2. The summed E-state index contributed by atoms with van der Waals surface area (Å²) in [7, 11) is 0. The molecule has 0 spiro atoms. The van der Waals surface area contributed by atoms with Gasteiger partial charge in [0.1, 0.15) is 11.4 Å². The number of fused-ring (bicyclic) bond motifs is 1. The number of nitrogens with zero attached hydrogens (tertiary/aromatic N) is 4. The van der Waals surface area contributed by atoms with E-state index in [2.05, 4.69) is 25.5 Å². The first-order valence-electron chi connectivity index (χ1n) is 6.85. The van der Waals surface area contributed by atoms with E-state index < -0.39 is 0 Å². The summed E-state index contributed by atoms with van der Waals surface area (Å²) >= 11 is 4.37. The fourth-order valence-corrected chi connectivity index (χ4v) is 4.28. The van der Waals surface area contributed by atoms with E-state index in [1.54, 1.807) is 11.8 Å². The van der Waals surface area contributed by atoms with Gasteiger partial charge in [-0.25, -0.2) is 9.97 Å². The lowest BCUT2D eigenvalue weighted by Crippen LogP contribution is -2.14. The van der Waals surface area contributed by atoms with Crippen LogP contribution in [0.25, 0.3) is 10.9 Å². The number of carbonyl (C=O) groups is 1. The van der Waals surface area contributed by atoms with Gasteiger partial charge in [-0.2, -0.15) is 0 Å². The van der Waals surface area contributed by atoms with Crippen molar-refractivity contribution in [3.8, 4) is 0 Å². The molecular weight excluding hydrogens is 350 g/mol. The highest BCUT2D eigenvalue weighted by Crippen LogP contribution is 2.26. The molecule has 118 valence electrons. The first-order valence-corrected chi connectivity index (χ1v) is 9.63. The van der Waals surface area contributed by atoms with Gasteiger partial charge in [-0.05, 0) is 11.8 Å². The molecule has 3 rings (SSSR count). The topological polar surface area (TPSA) is 80.7 Å². The maximum Gasteiger partial charge on any atom is 0.236 e. The van der Waals surface area contributed by atoms with Crippen LogP contribution in [0.5, 0.6) is 0 Å². The third-order valence-electron chi connectivity index (χ3n) is 2.77. The van der Waals surface area contributed by atoms with Crippen LogP contribution >= 0.6 is 34.9 Å². The van der Waals surface area contributed by atoms with Crippen molar-refractivity contribution < 1.29 is 4.79 Å². The molecule has 0 aliphatic rings. The Morgan fingerprint density at radius 3 is 2.96 bits per heavy atom. The van der Waals surface area contributed by atoms with E-state index in [0.29, 0.717) is 5.13 Å². The van der Waals surface area contributed by atoms with E-state index in [4.69, 9.17) is 0 Å². The molecule has 2 aromatic heterocycles. The highest BCUT2D eigenvalue weighted by molar-refractivity contribution is 8.01. The smallest absolute Gasteiger partial charge is 0.236 e. The first kappa shape index (κ1) is 16.2. The average molecular weight is 363 g/mol. The number of para-hydroxylation sites is 1. The first-order chi connectivity index (χ1) is 11.3. The second kappa shape index (κ2) is 7.71.